The van der Waals surface area contributed by atoms with Crippen molar-refractivity contribution in [1.29, 1.82) is 0 Å². The molecule has 20 heavy (non-hydrogen) atoms. The number of carbonyl (C=O) groups excluding carboxylic acids is 1. The Hall–Kier alpha value is -1.75. The third-order valence-electron chi connectivity index (χ3n) is 3.09. The third kappa shape index (κ3) is 4.74. The quantitative estimate of drug-likeness (QED) is 0.816. The summed E-state index contributed by atoms with van der Waals surface area (Å²) in [4.78, 5) is 13.3. The van der Waals surface area contributed by atoms with Gasteiger partial charge in [0.2, 0.25) is 5.91 Å². The average molecular weight is 278 g/mol. The third-order valence-corrected chi connectivity index (χ3v) is 3.09. The lowest BCUT2D eigenvalue weighted by Gasteiger charge is -2.26. The van der Waals surface area contributed by atoms with Gasteiger partial charge in [0.25, 0.3) is 0 Å². The minimum atomic E-state index is 0.0914. The molecular formula is C15H22N2O3. The maximum absolute atomic E-state index is 11.2. The number of nitrogens with zero attached hydrogens (tertiary/aromatic N) is 1. The Labute approximate surface area is 119 Å². The van der Waals surface area contributed by atoms with Gasteiger partial charge in [-0.1, -0.05) is 6.92 Å². The Morgan fingerprint density at radius 2 is 1.80 bits per heavy atom. The van der Waals surface area contributed by atoms with Gasteiger partial charge < -0.3 is 14.8 Å². The van der Waals surface area contributed by atoms with Gasteiger partial charge in [-0.2, -0.15) is 0 Å². The number of piperazine rings is 1. The van der Waals surface area contributed by atoms with Gasteiger partial charge >= 0.3 is 0 Å². The zero-order valence-corrected chi connectivity index (χ0v) is 11.9. The van der Waals surface area contributed by atoms with E-state index in [2.05, 4.69) is 17.1 Å². The second kappa shape index (κ2) is 7.75. The molecule has 1 saturated heterocycles. The Balaban J connectivity index is 1.69. The van der Waals surface area contributed by atoms with Crippen LogP contribution in [-0.4, -0.2) is 50.2 Å². The summed E-state index contributed by atoms with van der Waals surface area (Å²) in [5, 5.41) is 2.81. The largest absolute Gasteiger partial charge is 0.494 e. The van der Waals surface area contributed by atoms with Crippen LogP contribution in [0.2, 0.25) is 0 Å². The number of nitrogens with one attached hydrogen (secondary N) is 1. The lowest BCUT2D eigenvalue weighted by molar-refractivity contribution is -0.124. The summed E-state index contributed by atoms with van der Waals surface area (Å²) in [5.74, 6) is 1.79. The second-order valence-electron chi connectivity index (χ2n) is 4.79. The number of rotatable bonds is 7. The van der Waals surface area contributed by atoms with Gasteiger partial charge in [0, 0.05) is 19.6 Å². The summed E-state index contributed by atoms with van der Waals surface area (Å²) in [7, 11) is 0. The first-order valence-electron chi connectivity index (χ1n) is 7.12. The van der Waals surface area contributed by atoms with Crippen molar-refractivity contribution in [3.63, 3.8) is 0 Å². The van der Waals surface area contributed by atoms with Crippen LogP contribution < -0.4 is 14.8 Å². The van der Waals surface area contributed by atoms with E-state index >= 15 is 0 Å². The van der Waals surface area contributed by atoms with Crippen molar-refractivity contribution in [2.45, 2.75) is 13.3 Å². The highest BCUT2D eigenvalue weighted by molar-refractivity contribution is 5.78. The lowest BCUT2D eigenvalue weighted by atomic mass is 10.3. The van der Waals surface area contributed by atoms with Crippen molar-refractivity contribution in [1.82, 2.24) is 10.2 Å². The molecule has 110 valence electrons. The predicted octanol–water partition coefficient (Wildman–Crippen LogP) is 1.29. The van der Waals surface area contributed by atoms with Crippen molar-refractivity contribution >= 4 is 5.91 Å². The first-order chi connectivity index (χ1) is 9.78. The molecule has 5 heteroatoms. The van der Waals surface area contributed by atoms with E-state index in [1.165, 1.54) is 0 Å². The van der Waals surface area contributed by atoms with Crippen molar-refractivity contribution in [2.24, 2.45) is 0 Å². The highest BCUT2D eigenvalue weighted by Gasteiger charge is 2.15. The fourth-order valence-electron chi connectivity index (χ4n) is 2.03. The Kier molecular flexibility index (Phi) is 5.68. The van der Waals surface area contributed by atoms with E-state index in [-0.39, 0.29) is 5.91 Å². The van der Waals surface area contributed by atoms with Crippen molar-refractivity contribution in [3.8, 4) is 11.5 Å². The van der Waals surface area contributed by atoms with Gasteiger partial charge in [0.15, 0.2) is 0 Å². The second-order valence-corrected chi connectivity index (χ2v) is 4.79. The molecule has 0 radical (unpaired) electrons. The van der Waals surface area contributed by atoms with E-state index in [0.717, 1.165) is 44.2 Å². The van der Waals surface area contributed by atoms with Crippen molar-refractivity contribution < 1.29 is 14.3 Å². The van der Waals surface area contributed by atoms with Crippen LogP contribution in [0, 0.1) is 0 Å². The molecule has 2 rings (SSSR count). The normalized spacial score (nSPS) is 15.8. The average Bonchev–Trinajstić information content (AvgIpc) is 2.46. The zero-order valence-electron chi connectivity index (χ0n) is 11.9. The van der Waals surface area contributed by atoms with Crippen LogP contribution in [0.1, 0.15) is 13.3 Å². The van der Waals surface area contributed by atoms with Gasteiger partial charge in [-0.15, -0.1) is 0 Å². The number of amides is 1. The van der Waals surface area contributed by atoms with Gasteiger partial charge in [-0.3, -0.25) is 9.69 Å². The Morgan fingerprint density at radius 1 is 1.15 bits per heavy atom. The van der Waals surface area contributed by atoms with Crippen LogP contribution in [0.25, 0.3) is 0 Å². The maximum atomic E-state index is 11.2. The van der Waals surface area contributed by atoms with Crippen LogP contribution in [-0.2, 0) is 4.79 Å². The molecule has 1 aliphatic heterocycles. The number of ether oxygens (including phenoxy) is 2. The summed E-state index contributed by atoms with van der Waals surface area (Å²) >= 11 is 0. The molecule has 1 heterocycles. The van der Waals surface area contributed by atoms with E-state index in [4.69, 9.17) is 9.47 Å². The number of benzene rings is 1. The molecule has 1 aliphatic rings. The van der Waals surface area contributed by atoms with E-state index < -0.39 is 0 Å². The number of carbonyl (C=O) groups is 1. The smallest absolute Gasteiger partial charge is 0.234 e. The van der Waals surface area contributed by atoms with E-state index in [1.807, 2.05) is 24.3 Å². The van der Waals surface area contributed by atoms with Crippen LogP contribution in [0.4, 0.5) is 0 Å². The van der Waals surface area contributed by atoms with Crippen LogP contribution in [0.3, 0.4) is 0 Å². The molecule has 0 aliphatic carbocycles. The van der Waals surface area contributed by atoms with Gasteiger partial charge in [0.05, 0.1) is 13.2 Å². The zero-order chi connectivity index (χ0) is 14.2. The summed E-state index contributed by atoms with van der Waals surface area (Å²) in [6.07, 6.45) is 1.00. The molecule has 1 amide bonds. The van der Waals surface area contributed by atoms with E-state index in [9.17, 15) is 4.79 Å². The first-order valence-corrected chi connectivity index (χ1v) is 7.12. The molecule has 1 aromatic carbocycles. The summed E-state index contributed by atoms with van der Waals surface area (Å²) in [6, 6.07) is 7.65. The molecule has 0 atom stereocenters. The molecule has 1 aromatic rings. The Morgan fingerprint density at radius 3 is 2.40 bits per heavy atom. The Bertz CT molecular complexity index is 420. The van der Waals surface area contributed by atoms with E-state index in [0.29, 0.717) is 13.2 Å². The fraction of sp³-hybridized carbons (Fsp3) is 0.533. The first kappa shape index (κ1) is 14.7. The van der Waals surface area contributed by atoms with Crippen molar-refractivity contribution in [3.05, 3.63) is 24.3 Å². The standard InChI is InChI=1S/C15H22N2O3/c1-2-10-19-13-3-5-14(6-4-13)20-11-9-17-8-7-16-15(18)12-17/h3-6H,2,7-12H2,1H3,(H,16,18). The summed E-state index contributed by atoms with van der Waals surface area (Å²) < 4.78 is 11.2. The van der Waals surface area contributed by atoms with Crippen LogP contribution >= 0.6 is 0 Å². The molecule has 1 fully saturated rings. The molecule has 0 spiro atoms. The van der Waals surface area contributed by atoms with Gasteiger partial charge in [0.1, 0.15) is 18.1 Å². The van der Waals surface area contributed by atoms with E-state index in [1.54, 1.807) is 0 Å². The molecular weight excluding hydrogens is 256 g/mol. The number of hydrogen-bond acceptors (Lipinski definition) is 4. The minimum absolute atomic E-state index is 0.0914. The molecule has 0 aromatic heterocycles. The van der Waals surface area contributed by atoms with Crippen LogP contribution in [0.5, 0.6) is 11.5 Å². The molecule has 1 N–H and O–H groups in total. The molecule has 5 nitrogen and oxygen atoms in total. The lowest BCUT2D eigenvalue weighted by Crippen LogP contribution is -2.48. The SMILES string of the molecule is CCCOc1ccc(OCCN2CCNC(=O)C2)cc1. The van der Waals surface area contributed by atoms with Crippen LogP contribution in [0.15, 0.2) is 24.3 Å². The minimum Gasteiger partial charge on any atom is -0.494 e. The molecule has 0 saturated carbocycles. The topological polar surface area (TPSA) is 50.8 Å². The number of hydrogen-bond donors (Lipinski definition) is 1. The van der Waals surface area contributed by atoms with Crippen molar-refractivity contribution in [2.75, 3.05) is 39.4 Å². The fourth-order valence-corrected chi connectivity index (χ4v) is 2.03. The summed E-state index contributed by atoms with van der Waals surface area (Å²) in [6.45, 7) is 6.24. The molecule has 0 bridgehead atoms. The highest BCUT2D eigenvalue weighted by atomic mass is 16.5. The highest BCUT2D eigenvalue weighted by Crippen LogP contribution is 2.17. The maximum Gasteiger partial charge on any atom is 0.234 e. The molecule has 0 unspecified atom stereocenters. The predicted molar refractivity (Wildman–Crippen MR) is 77.2 cm³/mol. The monoisotopic (exact) mass is 278 g/mol. The summed E-state index contributed by atoms with van der Waals surface area (Å²) in [5.41, 5.74) is 0. The van der Waals surface area contributed by atoms with Gasteiger partial charge in [-0.05, 0) is 30.7 Å². The van der Waals surface area contributed by atoms with Gasteiger partial charge in [-0.25, -0.2) is 0 Å².